The van der Waals surface area contributed by atoms with Crippen LogP contribution in [0.4, 0.5) is 23.7 Å². The molecule has 1 saturated heterocycles. The molecule has 1 fully saturated rings. The Balaban J connectivity index is 2.24. The molecule has 0 radical (unpaired) electrons. The van der Waals surface area contributed by atoms with Crippen molar-refractivity contribution in [1.29, 1.82) is 5.26 Å². The standard InChI is InChI=1S/C23H18F3N3O4/c1-3-11-33-14-22(17-7-5-4-6-8-17)20(31)28(21(32)29(22)15(2)30)18-10-9-16(13-27)19(12-18)23(24,25)26/h3-10,12H,1,11,14H2,2H3. The van der Waals surface area contributed by atoms with E-state index in [1.165, 1.54) is 24.3 Å². The number of imide groups is 2. The molecule has 0 spiro atoms. The van der Waals surface area contributed by atoms with Gasteiger partial charge in [0.2, 0.25) is 5.91 Å². The third-order valence-electron chi connectivity index (χ3n) is 5.12. The van der Waals surface area contributed by atoms with Crippen LogP contribution < -0.4 is 4.90 Å². The Bertz CT molecular complexity index is 1160. The molecule has 2 aromatic carbocycles. The summed E-state index contributed by atoms with van der Waals surface area (Å²) in [6.07, 6.45) is -3.50. The SMILES string of the molecule is C=CCOCC1(c2ccccc2)C(=O)N(c2ccc(C#N)c(C(F)(F)F)c2)C(=O)N1C(C)=O. The second kappa shape index (κ2) is 8.88. The zero-order chi connectivity index (χ0) is 24.4. The highest BCUT2D eigenvalue weighted by Crippen LogP contribution is 2.42. The number of nitriles is 1. The molecule has 0 bridgehead atoms. The first-order valence-corrected chi connectivity index (χ1v) is 9.64. The number of ether oxygens (including phenoxy) is 1. The van der Waals surface area contributed by atoms with Crippen molar-refractivity contribution in [3.8, 4) is 6.07 Å². The van der Waals surface area contributed by atoms with Gasteiger partial charge in [0.15, 0.2) is 5.54 Å². The van der Waals surface area contributed by atoms with Crippen molar-refractivity contribution < 1.29 is 32.3 Å². The Kier molecular flexibility index (Phi) is 6.37. The highest BCUT2D eigenvalue weighted by molar-refractivity contribution is 6.27. The number of rotatable bonds is 6. The molecular formula is C23H18F3N3O4. The van der Waals surface area contributed by atoms with E-state index in [0.717, 1.165) is 19.1 Å². The van der Waals surface area contributed by atoms with E-state index in [1.807, 2.05) is 0 Å². The fourth-order valence-corrected chi connectivity index (χ4v) is 3.73. The fourth-order valence-electron chi connectivity index (χ4n) is 3.73. The van der Waals surface area contributed by atoms with Crippen LogP contribution in [0.2, 0.25) is 0 Å². The van der Waals surface area contributed by atoms with E-state index in [4.69, 9.17) is 10.00 Å². The number of carbonyl (C=O) groups excluding carboxylic acids is 3. The maximum Gasteiger partial charge on any atom is 0.417 e. The van der Waals surface area contributed by atoms with E-state index in [2.05, 4.69) is 6.58 Å². The van der Waals surface area contributed by atoms with Crippen molar-refractivity contribution in [2.45, 2.75) is 18.6 Å². The first-order valence-electron chi connectivity index (χ1n) is 9.64. The number of halogens is 3. The summed E-state index contributed by atoms with van der Waals surface area (Å²) in [5.41, 5.74) is -4.10. The Morgan fingerprint density at radius 2 is 1.88 bits per heavy atom. The van der Waals surface area contributed by atoms with Crippen LogP contribution in [-0.4, -0.2) is 36.0 Å². The number of carbonyl (C=O) groups is 3. The van der Waals surface area contributed by atoms with Crippen LogP contribution in [0.3, 0.4) is 0 Å². The van der Waals surface area contributed by atoms with Crippen LogP contribution in [0.5, 0.6) is 0 Å². The van der Waals surface area contributed by atoms with Gasteiger partial charge in [-0.15, -0.1) is 6.58 Å². The molecule has 2 aromatic rings. The molecule has 1 aliphatic heterocycles. The molecule has 1 heterocycles. The molecule has 0 N–H and O–H groups in total. The quantitative estimate of drug-likeness (QED) is 0.372. The maximum absolute atomic E-state index is 13.7. The van der Waals surface area contributed by atoms with Gasteiger partial charge >= 0.3 is 12.2 Å². The van der Waals surface area contributed by atoms with Gasteiger partial charge < -0.3 is 4.74 Å². The summed E-state index contributed by atoms with van der Waals surface area (Å²) in [5, 5.41) is 9.03. The minimum Gasteiger partial charge on any atom is -0.374 e. The van der Waals surface area contributed by atoms with Gasteiger partial charge in [-0.05, 0) is 23.8 Å². The Morgan fingerprint density at radius 3 is 2.42 bits per heavy atom. The van der Waals surface area contributed by atoms with Gasteiger partial charge in [-0.1, -0.05) is 36.4 Å². The lowest BCUT2D eigenvalue weighted by molar-refractivity contribution is -0.140. The monoisotopic (exact) mass is 457 g/mol. The van der Waals surface area contributed by atoms with Gasteiger partial charge in [0, 0.05) is 6.92 Å². The minimum atomic E-state index is -4.91. The summed E-state index contributed by atoms with van der Waals surface area (Å²) >= 11 is 0. The Hall–Kier alpha value is -3.97. The Labute approximate surface area is 187 Å². The number of amides is 4. The van der Waals surface area contributed by atoms with E-state index in [-0.39, 0.29) is 12.2 Å². The first kappa shape index (κ1) is 23.7. The number of nitrogens with zero attached hydrogens (tertiary/aromatic N) is 3. The normalized spacial score (nSPS) is 18.4. The van der Waals surface area contributed by atoms with Gasteiger partial charge in [0.05, 0.1) is 36.1 Å². The number of anilines is 1. The molecule has 0 aliphatic carbocycles. The lowest BCUT2D eigenvalue weighted by atomic mass is 9.88. The van der Waals surface area contributed by atoms with Crippen molar-refractivity contribution in [2.24, 2.45) is 0 Å². The number of hydrogen-bond donors (Lipinski definition) is 0. The zero-order valence-electron chi connectivity index (χ0n) is 17.4. The second-order valence-electron chi connectivity index (χ2n) is 7.15. The average molecular weight is 457 g/mol. The van der Waals surface area contributed by atoms with E-state index in [9.17, 15) is 27.6 Å². The number of urea groups is 1. The Morgan fingerprint density at radius 1 is 1.21 bits per heavy atom. The molecular weight excluding hydrogens is 439 g/mol. The van der Waals surface area contributed by atoms with Crippen molar-refractivity contribution in [3.05, 3.63) is 77.9 Å². The van der Waals surface area contributed by atoms with Crippen LogP contribution in [0.25, 0.3) is 0 Å². The van der Waals surface area contributed by atoms with E-state index in [0.29, 0.717) is 15.9 Å². The van der Waals surface area contributed by atoms with E-state index >= 15 is 0 Å². The summed E-state index contributed by atoms with van der Waals surface area (Å²) in [6, 6.07) is 10.6. The van der Waals surface area contributed by atoms with Crippen LogP contribution in [0.1, 0.15) is 23.6 Å². The van der Waals surface area contributed by atoms with E-state index in [1.54, 1.807) is 18.2 Å². The van der Waals surface area contributed by atoms with Crippen LogP contribution in [0.15, 0.2) is 61.2 Å². The van der Waals surface area contributed by atoms with Gasteiger partial charge in [-0.2, -0.15) is 18.4 Å². The third-order valence-corrected chi connectivity index (χ3v) is 5.12. The predicted molar refractivity (Wildman–Crippen MR) is 111 cm³/mol. The highest BCUT2D eigenvalue weighted by atomic mass is 19.4. The largest absolute Gasteiger partial charge is 0.417 e. The van der Waals surface area contributed by atoms with Gasteiger partial charge in [-0.3, -0.25) is 9.59 Å². The summed E-state index contributed by atoms with van der Waals surface area (Å²) < 4.78 is 46.0. The molecule has 0 aromatic heterocycles. The molecule has 3 rings (SSSR count). The highest BCUT2D eigenvalue weighted by Gasteiger charge is 2.61. The van der Waals surface area contributed by atoms with Crippen molar-refractivity contribution >= 4 is 23.5 Å². The molecule has 170 valence electrons. The molecule has 1 unspecified atom stereocenters. The topological polar surface area (TPSA) is 90.7 Å². The summed E-state index contributed by atoms with van der Waals surface area (Å²) in [5.74, 6) is -1.76. The molecule has 0 saturated carbocycles. The van der Waals surface area contributed by atoms with Crippen LogP contribution in [0, 0.1) is 11.3 Å². The van der Waals surface area contributed by atoms with Crippen molar-refractivity contribution in [1.82, 2.24) is 4.90 Å². The maximum atomic E-state index is 13.7. The molecule has 4 amide bonds. The van der Waals surface area contributed by atoms with E-state index < -0.39 is 53.0 Å². The van der Waals surface area contributed by atoms with Crippen molar-refractivity contribution in [2.75, 3.05) is 18.1 Å². The number of hydrogen-bond acceptors (Lipinski definition) is 5. The number of benzene rings is 2. The van der Waals surface area contributed by atoms with Crippen molar-refractivity contribution in [3.63, 3.8) is 0 Å². The summed E-state index contributed by atoms with van der Waals surface area (Å²) in [4.78, 5) is 40.7. The number of alkyl halides is 3. The summed E-state index contributed by atoms with van der Waals surface area (Å²) in [7, 11) is 0. The molecule has 1 atom stereocenters. The third kappa shape index (κ3) is 3.99. The zero-order valence-corrected chi connectivity index (χ0v) is 17.4. The molecule has 7 nitrogen and oxygen atoms in total. The minimum absolute atomic E-state index is 0.00309. The molecule has 33 heavy (non-hydrogen) atoms. The fraction of sp³-hybridized carbons (Fsp3) is 0.217. The molecule has 1 aliphatic rings. The van der Waals surface area contributed by atoms with Crippen LogP contribution >= 0.6 is 0 Å². The lowest BCUT2D eigenvalue weighted by Gasteiger charge is -2.33. The first-order chi connectivity index (χ1) is 15.6. The second-order valence-corrected chi connectivity index (χ2v) is 7.15. The van der Waals surface area contributed by atoms with Gasteiger partial charge in [-0.25, -0.2) is 14.6 Å². The van der Waals surface area contributed by atoms with Gasteiger partial charge in [0.25, 0.3) is 5.91 Å². The van der Waals surface area contributed by atoms with Gasteiger partial charge in [0.1, 0.15) is 0 Å². The lowest BCUT2D eigenvalue weighted by Crippen LogP contribution is -2.52. The molecule has 10 heteroatoms. The van der Waals surface area contributed by atoms with Crippen LogP contribution in [-0.2, 0) is 26.0 Å². The summed E-state index contributed by atoms with van der Waals surface area (Å²) in [6.45, 7) is 4.15. The predicted octanol–water partition coefficient (Wildman–Crippen LogP) is 3.99. The average Bonchev–Trinajstić information content (AvgIpc) is 3.00. The smallest absolute Gasteiger partial charge is 0.374 e.